The number of carbonyl (C=O) groups is 2. The Bertz CT molecular complexity index is 887. The number of amides is 3. The highest BCUT2D eigenvalue weighted by atomic mass is 16.2. The average molecular weight is 363 g/mol. The van der Waals surface area contributed by atoms with Crippen LogP contribution in [0.1, 0.15) is 27.0 Å². The van der Waals surface area contributed by atoms with Gasteiger partial charge in [-0.1, -0.05) is 36.4 Å². The summed E-state index contributed by atoms with van der Waals surface area (Å²) >= 11 is 0. The normalized spacial score (nSPS) is 10.4. The molecule has 3 amide bonds. The van der Waals surface area contributed by atoms with Crippen molar-refractivity contribution < 1.29 is 9.59 Å². The Balaban J connectivity index is 1.50. The van der Waals surface area contributed by atoms with E-state index in [0.717, 1.165) is 17.7 Å². The monoisotopic (exact) mass is 363 g/mol. The quantitative estimate of drug-likeness (QED) is 0.598. The third-order valence-corrected chi connectivity index (χ3v) is 4.08. The summed E-state index contributed by atoms with van der Waals surface area (Å²) in [7, 11) is 0. The van der Waals surface area contributed by atoms with Gasteiger partial charge < -0.3 is 20.9 Å². The molecule has 1 aromatic heterocycles. The third kappa shape index (κ3) is 5.43. The summed E-state index contributed by atoms with van der Waals surface area (Å²) in [6.07, 6.45) is 5.46. The maximum Gasteiger partial charge on any atom is 0.312 e. The molecule has 1 heterocycles. The van der Waals surface area contributed by atoms with E-state index < -0.39 is 6.03 Å². The van der Waals surface area contributed by atoms with E-state index in [1.165, 1.54) is 5.56 Å². The summed E-state index contributed by atoms with van der Waals surface area (Å²) in [5.41, 5.74) is 8.67. The van der Waals surface area contributed by atoms with Crippen molar-refractivity contribution in [3.8, 4) is 0 Å². The van der Waals surface area contributed by atoms with E-state index in [1.54, 1.807) is 36.8 Å². The second kappa shape index (κ2) is 8.66. The van der Waals surface area contributed by atoms with Gasteiger partial charge in [-0.3, -0.25) is 4.79 Å². The maximum atomic E-state index is 12.3. The van der Waals surface area contributed by atoms with E-state index in [2.05, 4.69) is 15.6 Å². The number of nitrogens with zero attached hydrogens (tertiary/aromatic N) is 2. The molecule has 2 aromatic carbocycles. The molecule has 3 rings (SSSR count). The number of nitrogens with two attached hydrogens (primary N) is 1. The van der Waals surface area contributed by atoms with Gasteiger partial charge in [0.15, 0.2) is 0 Å². The molecule has 0 spiro atoms. The fraction of sp³-hybridized carbons (Fsp3) is 0.150. The second-order valence-electron chi connectivity index (χ2n) is 6.15. The summed E-state index contributed by atoms with van der Waals surface area (Å²) in [5.74, 6) is -0.146. The van der Waals surface area contributed by atoms with Gasteiger partial charge in [-0.05, 0) is 28.8 Å². The van der Waals surface area contributed by atoms with Crippen LogP contribution in [-0.4, -0.2) is 21.5 Å². The molecule has 0 saturated carbocycles. The van der Waals surface area contributed by atoms with Gasteiger partial charge in [0, 0.05) is 37.6 Å². The number of hydrogen-bond donors (Lipinski definition) is 3. The zero-order chi connectivity index (χ0) is 19.1. The topological polar surface area (TPSA) is 102 Å². The largest absolute Gasteiger partial charge is 0.352 e. The van der Waals surface area contributed by atoms with Gasteiger partial charge in [0.05, 0.1) is 6.33 Å². The Hall–Kier alpha value is -3.61. The van der Waals surface area contributed by atoms with Crippen molar-refractivity contribution >= 4 is 11.9 Å². The molecule has 0 atom stereocenters. The summed E-state index contributed by atoms with van der Waals surface area (Å²) in [6.45, 7) is 1.56. The van der Waals surface area contributed by atoms with Crippen molar-refractivity contribution in [3.63, 3.8) is 0 Å². The predicted molar refractivity (Wildman–Crippen MR) is 102 cm³/mol. The van der Waals surface area contributed by atoms with Gasteiger partial charge in [0.1, 0.15) is 0 Å². The van der Waals surface area contributed by atoms with Crippen molar-refractivity contribution in [3.05, 3.63) is 89.5 Å². The molecule has 0 radical (unpaired) electrons. The van der Waals surface area contributed by atoms with Gasteiger partial charge in [0.25, 0.3) is 5.91 Å². The summed E-state index contributed by atoms with van der Waals surface area (Å²) < 4.78 is 2.00. The van der Waals surface area contributed by atoms with Crippen LogP contribution in [0.15, 0.2) is 67.3 Å². The van der Waals surface area contributed by atoms with Crippen LogP contribution in [0.2, 0.25) is 0 Å². The highest BCUT2D eigenvalue weighted by Crippen LogP contribution is 2.08. The van der Waals surface area contributed by atoms with Crippen molar-refractivity contribution in [1.29, 1.82) is 0 Å². The van der Waals surface area contributed by atoms with Crippen LogP contribution in [0.5, 0.6) is 0 Å². The minimum Gasteiger partial charge on any atom is -0.352 e. The van der Waals surface area contributed by atoms with Gasteiger partial charge in [0.2, 0.25) is 0 Å². The molecular formula is C20H21N5O2. The van der Waals surface area contributed by atoms with E-state index in [0.29, 0.717) is 18.7 Å². The minimum atomic E-state index is -0.576. The Morgan fingerprint density at radius 1 is 0.889 bits per heavy atom. The molecule has 0 unspecified atom stereocenters. The molecule has 0 aliphatic heterocycles. The van der Waals surface area contributed by atoms with Crippen molar-refractivity contribution in [2.24, 2.45) is 5.73 Å². The molecule has 0 saturated heterocycles. The van der Waals surface area contributed by atoms with Crippen LogP contribution < -0.4 is 16.4 Å². The summed E-state index contributed by atoms with van der Waals surface area (Å²) in [4.78, 5) is 27.0. The Kier molecular flexibility index (Phi) is 5.84. The lowest BCUT2D eigenvalue weighted by Gasteiger charge is -2.08. The van der Waals surface area contributed by atoms with Gasteiger partial charge >= 0.3 is 6.03 Å². The maximum absolute atomic E-state index is 12.3. The number of imidazole rings is 1. The van der Waals surface area contributed by atoms with Crippen molar-refractivity contribution in [2.45, 2.75) is 19.6 Å². The van der Waals surface area contributed by atoms with Crippen LogP contribution in [0, 0.1) is 0 Å². The van der Waals surface area contributed by atoms with Crippen molar-refractivity contribution in [2.75, 3.05) is 0 Å². The smallest absolute Gasteiger partial charge is 0.312 e. The van der Waals surface area contributed by atoms with E-state index in [-0.39, 0.29) is 5.91 Å². The van der Waals surface area contributed by atoms with Gasteiger partial charge in [-0.15, -0.1) is 0 Å². The number of carbonyl (C=O) groups excluding carboxylic acids is 2. The molecular weight excluding hydrogens is 342 g/mol. The third-order valence-electron chi connectivity index (χ3n) is 4.08. The first-order valence-corrected chi connectivity index (χ1v) is 8.54. The molecule has 3 aromatic rings. The Labute approximate surface area is 157 Å². The van der Waals surface area contributed by atoms with E-state index in [9.17, 15) is 9.59 Å². The predicted octanol–water partition coefficient (Wildman–Crippen LogP) is 2.03. The zero-order valence-electron chi connectivity index (χ0n) is 14.8. The Morgan fingerprint density at radius 3 is 2.07 bits per heavy atom. The summed E-state index contributed by atoms with van der Waals surface area (Å²) in [5, 5.41) is 5.41. The first-order chi connectivity index (χ1) is 13.1. The number of benzene rings is 2. The van der Waals surface area contributed by atoms with E-state index in [1.807, 2.05) is 35.0 Å². The molecule has 0 fully saturated rings. The zero-order valence-corrected chi connectivity index (χ0v) is 14.8. The number of rotatable bonds is 7. The molecule has 7 nitrogen and oxygen atoms in total. The number of primary amides is 1. The number of hydrogen-bond acceptors (Lipinski definition) is 3. The molecule has 138 valence electrons. The highest BCUT2D eigenvalue weighted by molar-refractivity contribution is 5.94. The van der Waals surface area contributed by atoms with Crippen LogP contribution in [-0.2, 0) is 19.6 Å². The Morgan fingerprint density at radius 2 is 1.48 bits per heavy atom. The first kappa shape index (κ1) is 18.2. The standard InChI is InChI=1S/C20H21N5O2/c21-20(27)24-12-16-5-7-18(8-6-16)19(26)23-11-15-1-3-17(4-2-15)13-25-10-9-22-14-25/h1-10,14H,11-13H2,(H,23,26)(H3,21,24,27). The van der Waals surface area contributed by atoms with E-state index >= 15 is 0 Å². The lowest BCUT2D eigenvalue weighted by Crippen LogP contribution is -2.28. The highest BCUT2D eigenvalue weighted by Gasteiger charge is 2.06. The average Bonchev–Trinajstić information content (AvgIpc) is 3.19. The van der Waals surface area contributed by atoms with Gasteiger partial charge in [-0.2, -0.15) is 0 Å². The van der Waals surface area contributed by atoms with Crippen LogP contribution >= 0.6 is 0 Å². The first-order valence-electron chi connectivity index (χ1n) is 8.54. The summed E-state index contributed by atoms with van der Waals surface area (Å²) in [6, 6.07) is 14.5. The lowest BCUT2D eigenvalue weighted by atomic mass is 10.1. The molecule has 0 bridgehead atoms. The van der Waals surface area contributed by atoms with E-state index in [4.69, 9.17) is 5.73 Å². The number of nitrogens with one attached hydrogen (secondary N) is 2. The van der Waals surface area contributed by atoms with Crippen LogP contribution in [0.3, 0.4) is 0 Å². The van der Waals surface area contributed by atoms with Gasteiger partial charge in [-0.25, -0.2) is 9.78 Å². The second-order valence-corrected chi connectivity index (χ2v) is 6.15. The molecule has 7 heteroatoms. The molecule has 27 heavy (non-hydrogen) atoms. The molecule has 0 aliphatic carbocycles. The minimum absolute atomic E-state index is 0.146. The van der Waals surface area contributed by atoms with Crippen molar-refractivity contribution in [1.82, 2.24) is 20.2 Å². The van der Waals surface area contributed by atoms with Crippen LogP contribution in [0.25, 0.3) is 0 Å². The molecule has 4 N–H and O–H groups in total. The fourth-order valence-electron chi connectivity index (χ4n) is 2.60. The molecule has 0 aliphatic rings. The van der Waals surface area contributed by atoms with Crippen LogP contribution in [0.4, 0.5) is 4.79 Å². The fourth-order valence-corrected chi connectivity index (χ4v) is 2.60. The lowest BCUT2D eigenvalue weighted by molar-refractivity contribution is 0.0951. The number of urea groups is 1. The number of aromatic nitrogens is 2. The SMILES string of the molecule is NC(=O)NCc1ccc(C(=O)NCc2ccc(Cn3ccnc3)cc2)cc1.